The minimum Gasteiger partial charge on any atom is -0.507 e. The normalized spacial score (nSPS) is 15.0. The summed E-state index contributed by atoms with van der Waals surface area (Å²) in [6.45, 7) is 5.95. The quantitative estimate of drug-likeness (QED) is 0.836. The number of hydrogen-bond acceptors (Lipinski definition) is 4. The monoisotopic (exact) mass is 325 g/mol. The van der Waals surface area contributed by atoms with E-state index in [4.69, 9.17) is 0 Å². The summed E-state index contributed by atoms with van der Waals surface area (Å²) in [6, 6.07) is 13.2. The average Bonchev–Trinajstić information content (AvgIpc) is 2.88. The summed E-state index contributed by atoms with van der Waals surface area (Å²) in [5.74, 6) is 0.226. The van der Waals surface area contributed by atoms with E-state index in [-0.39, 0.29) is 11.5 Å². The van der Waals surface area contributed by atoms with Crippen LogP contribution in [0.3, 0.4) is 0 Å². The Bertz CT molecular complexity index is 779. The highest BCUT2D eigenvalue weighted by Crippen LogP contribution is 2.41. The number of carbonyl (C=O) groups is 1. The number of hydrogen-bond donors (Lipinski definition) is 1. The molecule has 1 heterocycles. The van der Waals surface area contributed by atoms with E-state index in [1.165, 1.54) is 11.8 Å². The van der Waals surface area contributed by atoms with Gasteiger partial charge in [-0.1, -0.05) is 23.9 Å². The van der Waals surface area contributed by atoms with Crippen molar-refractivity contribution in [1.82, 2.24) is 0 Å². The summed E-state index contributed by atoms with van der Waals surface area (Å²) in [5, 5.41) is 10.3. The van der Waals surface area contributed by atoms with Crippen LogP contribution in [0.2, 0.25) is 0 Å². The molecule has 3 nitrogen and oxygen atoms in total. The smallest absolute Gasteiger partial charge is 0.200 e. The van der Waals surface area contributed by atoms with Crippen molar-refractivity contribution in [2.24, 2.45) is 0 Å². The number of benzene rings is 2. The maximum absolute atomic E-state index is 12.4. The number of rotatable bonds is 4. The molecule has 0 saturated carbocycles. The SMILES string of the molecule is CCN(CC)c1ccc(/C=C2/Sc3ccccc3C2=O)c(O)c1. The van der Waals surface area contributed by atoms with E-state index in [1.54, 1.807) is 12.1 Å². The molecule has 0 radical (unpaired) electrons. The van der Waals surface area contributed by atoms with Crippen LogP contribution in [0.15, 0.2) is 52.3 Å². The van der Waals surface area contributed by atoms with Gasteiger partial charge >= 0.3 is 0 Å². The van der Waals surface area contributed by atoms with Gasteiger partial charge in [0.05, 0.1) is 4.91 Å². The summed E-state index contributed by atoms with van der Waals surface area (Å²) in [5.41, 5.74) is 2.40. The predicted molar refractivity (Wildman–Crippen MR) is 96.3 cm³/mol. The molecule has 4 heteroatoms. The fourth-order valence-corrected chi connectivity index (χ4v) is 3.76. The predicted octanol–water partition coefficient (Wildman–Crippen LogP) is 4.57. The lowest BCUT2D eigenvalue weighted by Crippen LogP contribution is -2.21. The van der Waals surface area contributed by atoms with Crippen molar-refractivity contribution in [1.29, 1.82) is 0 Å². The first-order chi connectivity index (χ1) is 11.1. The molecule has 0 amide bonds. The van der Waals surface area contributed by atoms with Gasteiger partial charge in [-0.05, 0) is 44.2 Å². The number of thioether (sulfide) groups is 1. The minimum atomic E-state index is 0.0258. The van der Waals surface area contributed by atoms with Crippen LogP contribution in [-0.4, -0.2) is 24.0 Å². The van der Waals surface area contributed by atoms with Gasteiger partial charge in [-0.3, -0.25) is 4.79 Å². The molecule has 0 saturated heterocycles. The second kappa shape index (κ2) is 6.50. The largest absolute Gasteiger partial charge is 0.507 e. The molecule has 0 unspecified atom stereocenters. The Labute approximate surface area is 140 Å². The highest BCUT2D eigenvalue weighted by Gasteiger charge is 2.25. The van der Waals surface area contributed by atoms with E-state index < -0.39 is 0 Å². The van der Waals surface area contributed by atoms with Gasteiger partial charge in [0.2, 0.25) is 5.78 Å². The van der Waals surface area contributed by atoms with E-state index in [1.807, 2.05) is 36.4 Å². The van der Waals surface area contributed by atoms with E-state index in [0.717, 1.165) is 29.2 Å². The molecule has 3 rings (SSSR count). The molecular weight excluding hydrogens is 306 g/mol. The second-order valence-electron chi connectivity index (χ2n) is 5.35. The number of ketones is 1. The van der Waals surface area contributed by atoms with Crippen LogP contribution in [0.4, 0.5) is 5.69 Å². The van der Waals surface area contributed by atoms with Gasteiger partial charge in [0.1, 0.15) is 5.75 Å². The summed E-state index contributed by atoms with van der Waals surface area (Å²) in [4.78, 5) is 16.2. The Kier molecular flexibility index (Phi) is 4.44. The molecule has 1 aliphatic rings. The van der Waals surface area contributed by atoms with Crippen molar-refractivity contribution in [2.75, 3.05) is 18.0 Å². The van der Waals surface area contributed by atoms with Crippen LogP contribution in [0.5, 0.6) is 5.75 Å². The summed E-state index contributed by atoms with van der Waals surface area (Å²) < 4.78 is 0. The number of nitrogens with zero attached hydrogens (tertiary/aromatic N) is 1. The van der Waals surface area contributed by atoms with E-state index >= 15 is 0 Å². The molecule has 118 valence electrons. The average molecular weight is 325 g/mol. The van der Waals surface area contributed by atoms with Gasteiger partial charge in [0.15, 0.2) is 0 Å². The number of aromatic hydroxyl groups is 1. The van der Waals surface area contributed by atoms with Crippen molar-refractivity contribution >= 4 is 29.3 Å². The number of allylic oxidation sites excluding steroid dienone is 1. The molecular formula is C19H19NO2S. The highest BCUT2D eigenvalue weighted by molar-refractivity contribution is 8.04. The maximum atomic E-state index is 12.4. The van der Waals surface area contributed by atoms with Crippen LogP contribution in [0, 0.1) is 0 Å². The molecule has 23 heavy (non-hydrogen) atoms. The molecule has 1 aliphatic heterocycles. The zero-order valence-corrected chi connectivity index (χ0v) is 14.1. The van der Waals surface area contributed by atoms with Gasteiger partial charge in [-0.25, -0.2) is 0 Å². The van der Waals surface area contributed by atoms with Gasteiger partial charge in [-0.2, -0.15) is 0 Å². The molecule has 0 fully saturated rings. The lowest BCUT2D eigenvalue weighted by molar-refractivity contribution is 0.104. The first-order valence-electron chi connectivity index (χ1n) is 7.75. The van der Waals surface area contributed by atoms with Gasteiger partial charge in [0.25, 0.3) is 0 Å². The minimum absolute atomic E-state index is 0.0258. The molecule has 0 spiro atoms. The van der Waals surface area contributed by atoms with Gasteiger partial charge < -0.3 is 10.0 Å². The third kappa shape index (κ3) is 2.99. The number of phenols is 1. The zero-order chi connectivity index (χ0) is 16.4. The molecule has 1 N–H and O–H groups in total. The molecule has 0 bridgehead atoms. The highest BCUT2D eigenvalue weighted by atomic mass is 32.2. The van der Waals surface area contributed by atoms with Crippen molar-refractivity contribution in [3.8, 4) is 5.75 Å². The van der Waals surface area contributed by atoms with Gasteiger partial charge in [0, 0.05) is 40.9 Å². The van der Waals surface area contributed by atoms with Crippen LogP contribution in [0.1, 0.15) is 29.8 Å². The fourth-order valence-electron chi connectivity index (χ4n) is 2.72. The first kappa shape index (κ1) is 15.7. The van der Waals surface area contributed by atoms with Crippen molar-refractivity contribution in [3.63, 3.8) is 0 Å². The summed E-state index contributed by atoms with van der Waals surface area (Å²) in [7, 11) is 0. The van der Waals surface area contributed by atoms with Crippen LogP contribution in [-0.2, 0) is 0 Å². The number of carbonyl (C=O) groups excluding carboxylic acids is 1. The summed E-state index contributed by atoms with van der Waals surface area (Å²) >= 11 is 1.46. The van der Waals surface area contributed by atoms with Crippen molar-refractivity contribution in [3.05, 3.63) is 58.5 Å². The third-order valence-electron chi connectivity index (χ3n) is 4.00. The fraction of sp³-hybridized carbons (Fsp3) is 0.211. The Morgan fingerprint density at radius 3 is 2.52 bits per heavy atom. The lowest BCUT2D eigenvalue weighted by atomic mass is 10.1. The van der Waals surface area contributed by atoms with E-state index in [2.05, 4.69) is 18.7 Å². The van der Waals surface area contributed by atoms with Crippen LogP contribution >= 0.6 is 11.8 Å². The number of anilines is 1. The number of Topliss-reactive ketones (excluding diaryl/α,β-unsaturated/α-hetero) is 1. The standard InChI is InChI=1S/C19H19NO2S/c1-3-20(4-2)14-10-9-13(16(21)12-14)11-18-19(22)15-7-5-6-8-17(15)23-18/h5-12,21H,3-4H2,1-2H3/b18-11+. The van der Waals surface area contributed by atoms with Crippen molar-refractivity contribution < 1.29 is 9.90 Å². The third-order valence-corrected chi connectivity index (χ3v) is 5.10. The zero-order valence-electron chi connectivity index (χ0n) is 13.2. The molecule has 2 aromatic rings. The molecule has 2 aromatic carbocycles. The second-order valence-corrected chi connectivity index (χ2v) is 6.44. The topological polar surface area (TPSA) is 40.5 Å². The number of phenolic OH excluding ortho intramolecular Hbond substituents is 1. The number of fused-ring (bicyclic) bond motifs is 1. The first-order valence-corrected chi connectivity index (χ1v) is 8.57. The molecule has 0 atom stereocenters. The Balaban J connectivity index is 1.91. The van der Waals surface area contributed by atoms with Crippen LogP contribution in [0.25, 0.3) is 6.08 Å². The summed E-state index contributed by atoms with van der Waals surface area (Å²) in [6.07, 6.45) is 1.77. The Morgan fingerprint density at radius 2 is 1.87 bits per heavy atom. The van der Waals surface area contributed by atoms with Gasteiger partial charge in [-0.15, -0.1) is 0 Å². The lowest BCUT2D eigenvalue weighted by Gasteiger charge is -2.21. The maximum Gasteiger partial charge on any atom is 0.200 e. The Hall–Kier alpha value is -2.20. The van der Waals surface area contributed by atoms with E-state index in [9.17, 15) is 9.90 Å². The molecule has 0 aromatic heterocycles. The molecule has 0 aliphatic carbocycles. The van der Waals surface area contributed by atoms with Crippen molar-refractivity contribution in [2.45, 2.75) is 18.7 Å². The van der Waals surface area contributed by atoms with Crippen LogP contribution < -0.4 is 4.90 Å². The van der Waals surface area contributed by atoms with E-state index in [0.29, 0.717) is 10.5 Å². The Morgan fingerprint density at radius 1 is 1.13 bits per heavy atom.